The van der Waals surface area contributed by atoms with Gasteiger partial charge in [0, 0.05) is 31.5 Å². The van der Waals surface area contributed by atoms with Gasteiger partial charge in [-0.2, -0.15) is 0 Å². The normalized spacial score (nSPS) is 10.4. The number of hydrogen-bond donors (Lipinski definition) is 1. The van der Waals surface area contributed by atoms with E-state index in [1.54, 1.807) is 51.5 Å². The number of pyridine rings is 1. The molecule has 2 aromatic heterocycles. The maximum atomic E-state index is 12.6. The van der Waals surface area contributed by atoms with E-state index in [4.69, 9.17) is 0 Å². The Kier molecular flexibility index (Phi) is 5.09. The van der Waals surface area contributed by atoms with Crippen LogP contribution in [-0.2, 0) is 0 Å². The predicted octanol–water partition coefficient (Wildman–Crippen LogP) is 3.47. The molecule has 6 nitrogen and oxygen atoms in total. The van der Waals surface area contributed by atoms with Crippen molar-refractivity contribution < 1.29 is 9.59 Å². The molecule has 0 aliphatic heterocycles. The van der Waals surface area contributed by atoms with Crippen molar-refractivity contribution >= 4 is 28.8 Å². The monoisotopic (exact) mass is 366 g/mol. The third kappa shape index (κ3) is 3.78. The van der Waals surface area contributed by atoms with Crippen molar-refractivity contribution in [2.75, 3.05) is 19.4 Å². The molecule has 1 aromatic carbocycles. The molecular weight excluding hydrogens is 348 g/mol. The summed E-state index contributed by atoms with van der Waals surface area (Å²) in [6.07, 6.45) is 1.69. The molecule has 0 saturated heterocycles. The number of carbonyl (C=O) groups is 2. The van der Waals surface area contributed by atoms with Gasteiger partial charge in [0.15, 0.2) is 0 Å². The number of aryl methyl sites for hydroxylation is 1. The third-order valence-corrected chi connectivity index (χ3v) is 4.84. The second kappa shape index (κ2) is 7.45. The van der Waals surface area contributed by atoms with Gasteiger partial charge in [0.2, 0.25) is 0 Å². The number of carbonyl (C=O) groups excluding carboxylic acids is 2. The fraction of sp³-hybridized carbons (Fsp3) is 0.158. The second-order valence-electron chi connectivity index (χ2n) is 5.88. The molecule has 0 radical (unpaired) electrons. The van der Waals surface area contributed by atoms with Crippen molar-refractivity contribution in [3.63, 3.8) is 0 Å². The summed E-state index contributed by atoms with van der Waals surface area (Å²) in [6, 6.07) is 12.4. The van der Waals surface area contributed by atoms with Crippen molar-refractivity contribution in [3.05, 3.63) is 64.8 Å². The Morgan fingerprint density at radius 1 is 1.12 bits per heavy atom. The lowest BCUT2D eigenvalue weighted by Gasteiger charge is -2.11. The van der Waals surface area contributed by atoms with Crippen LogP contribution >= 0.6 is 11.3 Å². The van der Waals surface area contributed by atoms with E-state index in [2.05, 4.69) is 15.3 Å². The Labute approximate surface area is 155 Å². The minimum atomic E-state index is -0.253. The van der Waals surface area contributed by atoms with Gasteiger partial charge in [-0.1, -0.05) is 12.1 Å². The highest BCUT2D eigenvalue weighted by Crippen LogP contribution is 2.27. The van der Waals surface area contributed by atoms with E-state index in [1.807, 2.05) is 18.2 Å². The number of nitrogens with zero attached hydrogens (tertiary/aromatic N) is 3. The zero-order chi connectivity index (χ0) is 18.7. The minimum Gasteiger partial charge on any atom is -0.345 e. The highest BCUT2D eigenvalue weighted by molar-refractivity contribution is 7.17. The predicted molar refractivity (Wildman–Crippen MR) is 102 cm³/mol. The minimum absolute atomic E-state index is 0.118. The Hall–Kier alpha value is -3.06. The van der Waals surface area contributed by atoms with Gasteiger partial charge in [-0.15, -0.1) is 11.3 Å². The smallest absolute Gasteiger partial charge is 0.267 e. The summed E-state index contributed by atoms with van der Waals surface area (Å²) < 4.78 is 0. The van der Waals surface area contributed by atoms with E-state index < -0.39 is 0 Å². The second-order valence-corrected chi connectivity index (χ2v) is 6.88. The van der Waals surface area contributed by atoms with Gasteiger partial charge in [-0.05, 0) is 37.3 Å². The molecule has 2 amide bonds. The summed E-state index contributed by atoms with van der Waals surface area (Å²) in [5, 5.41) is 3.54. The fourth-order valence-electron chi connectivity index (χ4n) is 2.38. The molecule has 132 valence electrons. The average molecular weight is 366 g/mol. The van der Waals surface area contributed by atoms with Gasteiger partial charge >= 0.3 is 0 Å². The van der Waals surface area contributed by atoms with Crippen LogP contribution in [0.25, 0.3) is 10.7 Å². The molecule has 0 spiro atoms. The van der Waals surface area contributed by atoms with Crippen LogP contribution in [0.3, 0.4) is 0 Å². The van der Waals surface area contributed by atoms with Crippen molar-refractivity contribution in [1.29, 1.82) is 0 Å². The summed E-state index contributed by atoms with van der Waals surface area (Å²) in [5.41, 5.74) is 2.46. The van der Waals surface area contributed by atoms with Crippen molar-refractivity contribution in [2.45, 2.75) is 6.92 Å². The lowest BCUT2D eigenvalue weighted by Crippen LogP contribution is -2.21. The Balaban J connectivity index is 1.82. The first-order valence-corrected chi connectivity index (χ1v) is 8.79. The zero-order valence-corrected chi connectivity index (χ0v) is 15.5. The van der Waals surface area contributed by atoms with Crippen LogP contribution in [0.1, 0.15) is 25.7 Å². The van der Waals surface area contributed by atoms with Crippen LogP contribution in [0.2, 0.25) is 0 Å². The van der Waals surface area contributed by atoms with E-state index in [0.29, 0.717) is 26.8 Å². The van der Waals surface area contributed by atoms with Gasteiger partial charge in [-0.3, -0.25) is 14.6 Å². The molecule has 3 rings (SSSR count). The average Bonchev–Trinajstić information content (AvgIpc) is 3.04. The summed E-state index contributed by atoms with van der Waals surface area (Å²) in [6.45, 7) is 1.80. The topological polar surface area (TPSA) is 75.2 Å². The van der Waals surface area contributed by atoms with Crippen LogP contribution in [0.4, 0.5) is 5.69 Å². The summed E-state index contributed by atoms with van der Waals surface area (Å²) >= 11 is 1.29. The summed E-state index contributed by atoms with van der Waals surface area (Å²) in [4.78, 5) is 35.4. The Morgan fingerprint density at radius 2 is 1.92 bits per heavy atom. The molecule has 0 fully saturated rings. The molecule has 2 heterocycles. The number of thiazole rings is 1. The van der Waals surface area contributed by atoms with Crippen LogP contribution in [0.5, 0.6) is 0 Å². The van der Waals surface area contributed by atoms with Gasteiger partial charge in [-0.25, -0.2) is 4.98 Å². The maximum Gasteiger partial charge on any atom is 0.267 e. The first kappa shape index (κ1) is 17.8. The molecule has 26 heavy (non-hydrogen) atoms. The number of anilines is 1. The number of nitrogens with one attached hydrogen (secondary N) is 1. The number of rotatable bonds is 4. The molecule has 0 saturated carbocycles. The lowest BCUT2D eigenvalue weighted by molar-refractivity contribution is 0.0827. The largest absolute Gasteiger partial charge is 0.345 e. The Bertz CT molecular complexity index is 951. The van der Waals surface area contributed by atoms with Gasteiger partial charge < -0.3 is 10.2 Å². The molecule has 0 unspecified atom stereocenters. The fourth-order valence-corrected chi connectivity index (χ4v) is 3.32. The van der Waals surface area contributed by atoms with E-state index >= 15 is 0 Å². The maximum absolute atomic E-state index is 12.6. The number of aromatic nitrogens is 2. The third-order valence-electron chi connectivity index (χ3n) is 3.66. The highest BCUT2D eigenvalue weighted by atomic mass is 32.1. The highest BCUT2D eigenvalue weighted by Gasteiger charge is 2.17. The van der Waals surface area contributed by atoms with Gasteiger partial charge in [0.25, 0.3) is 11.8 Å². The van der Waals surface area contributed by atoms with E-state index in [1.165, 1.54) is 16.2 Å². The molecule has 0 bridgehead atoms. The van der Waals surface area contributed by atoms with Crippen LogP contribution in [0.15, 0.2) is 48.7 Å². The summed E-state index contributed by atoms with van der Waals surface area (Å²) in [7, 11) is 3.38. The van der Waals surface area contributed by atoms with E-state index in [9.17, 15) is 9.59 Å². The molecular formula is C19H18N4O2S. The standard InChI is InChI=1S/C19H18N4O2S/c1-12-16(26-18(21-12)15-9-4-5-10-20-15)17(24)22-14-8-6-7-13(11-14)19(25)23(2)3/h4-11H,1-3H3,(H,22,24). The molecule has 0 aliphatic carbocycles. The Morgan fingerprint density at radius 3 is 2.62 bits per heavy atom. The SMILES string of the molecule is Cc1nc(-c2ccccn2)sc1C(=O)Nc1cccc(C(=O)N(C)C)c1. The van der Waals surface area contributed by atoms with Crippen LogP contribution < -0.4 is 5.32 Å². The number of benzene rings is 1. The molecule has 1 N–H and O–H groups in total. The van der Waals surface area contributed by atoms with Crippen LogP contribution in [0, 0.1) is 6.92 Å². The molecule has 3 aromatic rings. The zero-order valence-electron chi connectivity index (χ0n) is 14.7. The lowest BCUT2D eigenvalue weighted by atomic mass is 10.2. The number of hydrogen-bond acceptors (Lipinski definition) is 5. The summed E-state index contributed by atoms with van der Waals surface area (Å²) in [5.74, 6) is -0.371. The molecule has 0 aliphatic rings. The van der Waals surface area contributed by atoms with Crippen molar-refractivity contribution in [1.82, 2.24) is 14.9 Å². The first-order valence-electron chi connectivity index (χ1n) is 7.97. The molecule has 0 atom stereocenters. The van der Waals surface area contributed by atoms with E-state index in [0.717, 1.165) is 5.69 Å². The first-order chi connectivity index (χ1) is 12.5. The number of amides is 2. The quantitative estimate of drug-likeness (QED) is 0.767. The van der Waals surface area contributed by atoms with Crippen molar-refractivity contribution in [3.8, 4) is 10.7 Å². The van der Waals surface area contributed by atoms with Crippen molar-refractivity contribution in [2.24, 2.45) is 0 Å². The van der Waals surface area contributed by atoms with Crippen LogP contribution in [-0.4, -0.2) is 40.8 Å². The van der Waals surface area contributed by atoms with E-state index in [-0.39, 0.29) is 11.8 Å². The molecule has 7 heteroatoms. The van der Waals surface area contributed by atoms with Gasteiger partial charge in [0.05, 0.1) is 11.4 Å². The van der Waals surface area contributed by atoms with Gasteiger partial charge in [0.1, 0.15) is 9.88 Å².